The predicted molar refractivity (Wildman–Crippen MR) is 166 cm³/mol. The van der Waals surface area contributed by atoms with Crippen molar-refractivity contribution in [1.82, 2.24) is 14.5 Å². The van der Waals surface area contributed by atoms with Crippen molar-refractivity contribution < 1.29 is 0 Å². The Bertz CT molecular complexity index is 1990. The van der Waals surface area contributed by atoms with Crippen LogP contribution in [0.1, 0.15) is 32.0 Å². The number of thiophene rings is 1. The van der Waals surface area contributed by atoms with Gasteiger partial charge in [-0.15, -0.1) is 11.3 Å². The van der Waals surface area contributed by atoms with E-state index in [0.29, 0.717) is 0 Å². The number of aromatic nitrogens is 3. The van der Waals surface area contributed by atoms with E-state index < -0.39 is 0 Å². The van der Waals surface area contributed by atoms with Crippen LogP contribution >= 0.6 is 11.3 Å². The predicted octanol–water partition coefficient (Wildman–Crippen LogP) is 9.73. The van der Waals surface area contributed by atoms with E-state index in [2.05, 4.69) is 129 Å². The van der Waals surface area contributed by atoms with Gasteiger partial charge in [0.25, 0.3) is 0 Å². The minimum atomic E-state index is -0.124. The zero-order chi connectivity index (χ0) is 26.7. The van der Waals surface area contributed by atoms with Crippen LogP contribution in [0.15, 0.2) is 103 Å². The van der Waals surface area contributed by atoms with Gasteiger partial charge in [-0.1, -0.05) is 87.5 Å². The molecule has 7 aromatic rings. The molecular formula is C35H29N3S. The smallest absolute Gasteiger partial charge is 0.147 e. The van der Waals surface area contributed by atoms with Crippen molar-refractivity contribution in [3.8, 4) is 28.2 Å². The van der Waals surface area contributed by atoms with Crippen LogP contribution in [0.25, 0.3) is 59.4 Å². The number of aryl methyl sites for hydroxylation is 1. The van der Waals surface area contributed by atoms with Crippen LogP contribution in [0, 0.1) is 6.92 Å². The summed E-state index contributed by atoms with van der Waals surface area (Å²) in [6, 6.07) is 34.6. The lowest BCUT2D eigenvalue weighted by Gasteiger charge is -2.17. The summed E-state index contributed by atoms with van der Waals surface area (Å²) in [5.41, 5.74) is 8.95. The van der Waals surface area contributed by atoms with E-state index in [4.69, 9.17) is 9.97 Å². The summed E-state index contributed by atoms with van der Waals surface area (Å²) in [6.45, 7) is 8.83. The fourth-order valence-corrected chi connectivity index (χ4v) is 6.93. The largest absolute Gasteiger partial charge is 0.292 e. The summed E-state index contributed by atoms with van der Waals surface area (Å²) in [7, 11) is 0. The van der Waals surface area contributed by atoms with E-state index >= 15 is 0 Å². The fourth-order valence-electron chi connectivity index (χ4n) is 5.60. The Morgan fingerprint density at radius 3 is 2.26 bits per heavy atom. The highest BCUT2D eigenvalue weighted by molar-refractivity contribution is 7.26. The molecule has 0 N–H and O–H groups in total. The van der Waals surface area contributed by atoms with E-state index in [1.807, 2.05) is 17.5 Å². The second kappa shape index (κ2) is 8.89. The van der Waals surface area contributed by atoms with Crippen molar-refractivity contribution in [2.75, 3.05) is 0 Å². The number of pyridine rings is 1. The highest BCUT2D eigenvalue weighted by atomic mass is 32.1. The number of fused-ring (bicyclic) bond motifs is 4. The summed E-state index contributed by atoms with van der Waals surface area (Å²) in [6.07, 6.45) is 1.92. The molecule has 0 aliphatic rings. The van der Waals surface area contributed by atoms with E-state index in [9.17, 15) is 0 Å². The number of hydrogen-bond acceptors (Lipinski definition) is 3. The molecule has 0 unspecified atom stereocenters. The van der Waals surface area contributed by atoms with Crippen LogP contribution in [-0.4, -0.2) is 14.5 Å². The van der Waals surface area contributed by atoms with Gasteiger partial charge in [0, 0.05) is 43.0 Å². The van der Waals surface area contributed by atoms with Crippen molar-refractivity contribution >= 4 is 42.5 Å². The van der Waals surface area contributed by atoms with E-state index in [-0.39, 0.29) is 5.41 Å². The molecule has 4 heteroatoms. The summed E-state index contributed by atoms with van der Waals surface area (Å²) in [4.78, 5) is 10.1. The molecule has 0 fully saturated rings. The quantitative estimate of drug-likeness (QED) is 0.231. The Kier molecular flexibility index (Phi) is 5.43. The fraction of sp³-hybridized carbons (Fsp3) is 0.143. The standard InChI is InChI=1S/C35H29N3S/c1-22-15-17-27(32-30(22)26-18-16-24(21-29(26)39-32)23-11-7-5-8-12-23)34-37-31-28(19-20-36-33(31)35(2,3)4)38(34)25-13-9-6-10-14-25/h5-21H,1-4H3. The third-order valence-corrected chi connectivity index (χ3v) is 8.66. The lowest BCUT2D eigenvalue weighted by molar-refractivity contribution is 0.574. The first-order valence-corrected chi connectivity index (χ1v) is 14.2. The van der Waals surface area contributed by atoms with Gasteiger partial charge < -0.3 is 0 Å². The van der Waals surface area contributed by atoms with Crippen molar-refractivity contribution in [1.29, 1.82) is 0 Å². The molecule has 190 valence electrons. The van der Waals surface area contributed by atoms with Crippen molar-refractivity contribution in [3.05, 3.63) is 115 Å². The average Bonchev–Trinajstić information content (AvgIpc) is 3.52. The zero-order valence-electron chi connectivity index (χ0n) is 22.6. The Morgan fingerprint density at radius 2 is 1.51 bits per heavy atom. The summed E-state index contributed by atoms with van der Waals surface area (Å²) < 4.78 is 4.87. The molecule has 39 heavy (non-hydrogen) atoms. The molecule has 0 bridgehead atoms. The molecule has 7 rings (SSSR count). The highest BCUT2D eigenvalue weighted by Crippen LogP contribution is 2.44. The Morgan fingerprint density at radius 1 is 0.769 bits per heavy atom. The Hall–Kier alpha value is -4.28. The molecule has 3 heterocycles. The lowest BCUT2D eigenvalue weighted by atomic mass is 9.91. The van der Waals surface area contributed by atoms with Gasteiger partial charge in [0.1, 0.15) is 11.3 Å². The number of para-hydroxylation sites is 1. The van der Waals surface area contributed by atoms with Crippen LogP contribution in [-0.2, 0) is 5.41 Å². The molecule has 0 spiro atoms. The number of nitrogens with zero attached hydrogens (tertiary/aromatic N) is 3. The third-order valence-electron chi connectivity index (χ3n) is 7.48. The molecule has 0 aliphatic carbocycles. The first-order valence-electron chi connectivity index (χ1n) is 13.4. The van der Waals surface area contributed by atoms with Gasteiger partial charge in [-0.05, 0) is 53.9 Å². The number of hydrogen-bond donors (Lipinski definition) is 0. The molecule has 0 aliphatic heterocycles. The van der Waals surface area contributed by atoms with Gasteiger partial charge in [-0.3, -0.25) is 9.55 Å². The maximum Gasteiger partial charge on any atom is 0.147 e. The minimum absolute atomic E-state index is 0.124. The first kappa shape index (κ1) is 23.8. The molecular weight excluding hydrogens is 494 g/mol. The lowest BCUT2D eigenvalue weighted by Crippen LogP contribution is -2.14. The Balaban J connectivity index is 1.55. The van der Waals surface area contributed by atoms with Gasteiger partial charge in [0.2, 0.25) is 0 Å². The number of rotatable bonds is 3. The van der Waals surface area contributed by atoms with Gasteiger partial charge >= 0.3 is 0 Å². The van der Waals surface area contributed by atoms with Gasteiger partial charge in [0.05, 0.1) is 11.2 Å². The van der Waals surface area contributed by atoms with Crippen LogP contribution in [0.2, 0.25) is 0 Å². The molecule has 0 saturated carbocycles. The van der Waals surface area contributed by atoms with Crippen LogP contribution in [0.3, 0.4) is 0 Å². The van der Waals surface area contributed by atoms with Crippen molar-refractivity contribution in [2.24, 2.45) is 0 Å². The van der Waals surface area contributed by atoms with Crippen molar-refractivity contribution in [3.63, 3.8) is 0 Å². The van der Waals surface area contributed by atoms with E-state index in [1.54, 1.807) is 0 Å². The maximum absolute atomic E-state index is 5.35. The van der Waals surface area contributed by atoms with Gasteiger partial charge in [-0.2, -0.15) is 0 Å². The topological polar surface area (TPSA) is 30.7 Å². The zero-order valence-corrected chi connectivity index (χ0v) is 23.4. The third kappa shape index (κ3) is 3.86. The summed E-state index contributed by atoms with van der Waals surface area (Å²) in [5.74, 6) is 0.953. The normalized spacial score (nSPS) is 12.1. The van der Waals surface area contributed by atoms with Crippen LogP contribution < -0.4 is 0 Å². The van der Waals surface area contributed by atoms with Gasteiger partial charge in [-0.25, -0.2) is 4.98 Å². The maximum atomic E-state index is 5.35. The second-order valence-corrected chi connectivity index (χ2v) is 12.2. The average molecular weight is 524 g/mol. The van der Waals surface area contributed by atoms with Crippen molar-refractivity contribution in [2.45, 2.75) is 33.1 Å². The highest BCUT2D eigenvalue weighted by Gasteiger charge is 2.25. The number of benzene rings is 4. The molecule has 3 aromatic heterocycles. The van der Waals surface area contributed by atoms with E-state index in [0.717, 1.165) is 33.8 Å². The monoisotopic (exact) mass is 523 g/mol. The summed E-state index contributed by atoms with van der Waals surface area (Å²) in [5, 5.41) is 2.61. The molecule has 3 nitrogen and oxygen atoms in total. The minimum Gasteiger partial charge on any atom is -0.292 e. The second-order valence-electron chi connectivity index (χ2n) is 11.2. The molecule has 0 atom stereocenters. The SMILES string of the molecule is Cc1ccc(-c2nc3c(C(C)(C)C)nccc3n2-c2ccccc2)c2sc3cc(-c4ccccc4)ccc3c12. The van der Waals surface area contributed by atoms with Gasteiger partial charge in [0.15, 0.2) is 0 Å². The first-order chi connectivity index (χ1) is 18.9. The summed E-state index contributed by atoms with van der Waals surface area (Å²) >= 11 is 1.86. The molecule has 4 aromatic carbocycles. The van der Waals surface area contributed by atoms with Crippen LogP contribution in [0.4, 0.5) is 0 Å². The Labute approximate surface area is 232 Å². The molecule has 0 radical (unpaired) electrons. The molecule has 0 amide bonds. The van der Waals surface area contributed by atoms with Crippen LogP contribution in [0.5, 0.6) is 0 Å². The van der Waals surface area contributed by atoms with E-state index in [1.165, 1.54) is 36.9 Å². The number of imidazole rings is 1. The molecule has 0 saturated heterocycles.